The van der Waals surface area contributed by atoms with Crippen molar-refractivity contribution in [2.45, 2.75) is 45.8 Å². The number of hydrogen-bond acceptors (Lipinski definition) is 3. The van der Waals surface area contributed by atoms with Crippen molar-refractivity contribution >= 4 is 27.3 Å². The Morgan fingerprint density at radius 3 is 2.20 bits per heavy atom. The van der Waals surface area contributed by atoms with Crippen LogP contribution in [0.1, 0.15) is 43.4 Å². The van der Waals surface area contributed by atoms with E-state index in [1.165, 1.54) is 13.0 Å². The van der Waals surface area contributed by atoms with E-state index in [2.05, 4.69) is 5.32 Å². The number of para-hydroxylation sites is 1. The van der Waals surface area contributed by atoms with E-state index < -0.39 is 33.7 Å². The van der Waals surface area contributed by atoms with Gasteiger partial charge in [-0.1, -0.05) is 38.1 Å². The Balaban J connectivity index is 2.45. The van der Waals surface area contributed by atoms with Gasteiger partial charge in [0.15, 0.2) is 0 Å². The Bertz CT molecular complexity index is 1030. The second-order valence-electron chi connectivity index (χ2n) is 7.47. The number of anilines is 2. The molecule has 0 heterocycles. The lowest BCUT2D eigenvalue weighted by Gasteiger charge is -2.29. The second-order valence-corrected chi connectivity index (χ2v) is 9.33. The third kappa shape index (κ3) is 5.33. The molecule has 0 saturated heterocycles. The average molecular weight is 443 g/mol. The third-order valence-electron chi connectivity index (χ3n) is 4.69. The van der Waals surface area contributed by atoms with Crippen molar-refractivity contribution in [3.8, 4) is 0 Å². The SMILES string of the molecule is Cc1cccc(C(C)C)c1NC(=O)C(C)N(c1cccc(C(F)(F)F)c1)S(C)(=O)=O. The van der Waals surface area contributed by atoms with Crippen LogP contribution >= 0.6 is 0 Å². The summed E-state index contributed by atoms with van der Waals surface area (Å²) in [5.41, 5.74) is 1.01. The molecule has 0 bridgehead atoms. The number of halogens is 3. The van der Waals surface area contributed by atoms with Crippen LogP contribution in [0.25, 0.3) is 0 Å². The smallest absolute Gasteiger partial charge is 0.324 e. The molecule has 1 unspecified atom stereocenters. The van der Waals surface area contributed by atoms with Gasteiger partial charge in [0, 0.05) is 5.69 Å². The predicted octanol–water partition coefficient (Wildman–Crippen LogP) is 4.93. The number of sulfonamides is 1. The number of rotatable bonds is 6. The maximum Gasteiger partial charge on any atom is 0.416 e. The Morgan fingerprint density at radius 1 is 1.07 bits per heavy atom. The van der Waals surface area contributed by atoms with Gasteiger partial charge in [-0.25, -0.2) is 8.42 Å². The topological polar surface area (TPSA) is 66.5 Å². The molecule has 0 aliphatic heterocycles. The van der Waals surface area contributed by atoms with Crippen molar-refractivity contribution in [1.29, 1.82) is 0 Å². The van der Waals surface area contributed by atoms with Crippen LogP contribution in [0.4, 0.5) is 24.5 Å². The van der Waals surface area contributed by atoms with Gasteiger partial charge >= 0.3 is 6.18 Å². The predicted molar refractivity (Wildman–Crippen MR) is 112 cm³/mol. The molecule has 9 heteroatoms. The number of aryl methyl sites for hydroxylation is 1. The molecule has 0 aromatic heterocycles. The minimum atomic E-state index is -4.64. The number of alkyl halides is 3. The molecular formula is C21H25F3N2O3S. The number of hydrogen-bond donors (Lipinski definition) is 1. The van der Waals surface area contributed by atoms with Crippen molar-refractivity contribution in [3.63, 3.8) is 0 Å². The summed E-state index contributed by atoms with van der Waals surface area (Å²) in [5.74, 6) is -0.543. The van der Waals surface area contributed by atoms with Crippen LogP contribution in [-0.4, -0.2) is 26.6 Å². The molecule has 0 aliphatic rings. The van der Waals surface area contributed by atoms with Crippen LogP contribution in [0.2, 0.25) is 0 Å². The molecule has 1 atom stereocenters. The fourth-order valence-electron chi connectivity index (χ4n) is 3.20. The molecule has 1 N–H and O–H groups in total. The van der Waals surface area contributed by atoms with E-state index in [-0.39, 0.29) is 11.6 Å². The number of amides is 1. The van der Waals surface area contributed by atoms with Gasteiger partial charge in [0.1, 0.15) is 6.04 Å². The molecule has 1 amide bonds. The number of carbonyl (C=O) groups is 1. The summed E-state index contributed by atoms with van der Waals surface area (Å²) in [5, 5.41) is 2.76. The van der Waals surface area contributed by atoms with Gasteiger partial charge in [-0.15, -0.1) is 0 Å². The quantitative estimate of drug-likeness (QED) is 0.690. The monoisotopic (exact) mass is 442 g/mol. The molecular weight excluding hydrogens is 417 g/mol. The molecule has 164 valence electrons. The zero-order valence-electron chi connectivity index (χ0n) is 17.4. The zero-order valence-corrected chi connectivity index (χ0v) is 18.2. The molecule has 5 nitrogen and oxygen atoms in total. The average Bonchev–Trinajstić information content (AvgIpc) is 2.61. The first-order valence-corrected chi connectivity index (χ1v) is 11.2. The highest BCUT2D eigenvalue weighted by atomic mass is 32.2. The van der Waals surface area contributed by atoms with Crippen LogP contribution in [0, 0.1) is 6.92 Å². The van der Waals surface area contributed by atoms with Gasteiger partial charge in [-0.2, -0.15) is 13.2 Å². The van der Waals surface area contributed by atoms with Gasteiger partial charge in [-0.05, 0) is 49.1 Å². The van der Waals surface area contributed by atoms with E-state index in [4.69, 9.17) is 0 Å². The first-order valence-electron chi connectivity index (χ1n) is 9.30. The first-order chi connectivity index (χ1) is 13.7. The third-order valence-corrected chi connectivity index (χ3v) is 5.93. The van der Waals surface area contributed by atoms with Crippen molar-refractivity contribution in [2.75, 3.05) is 15.9 Å². The van der Waals surface area contributed by atoms with Crippen molar-refractivity contribution in [1.82, 2.24) is 0 Å². The van der Waals surface area contributed by atoms with E-state index in [9.17, 15) is 26.4 Å². The Labute approximate surface area is 175 Å². The van der Waals surface area contributed by atoms with Crippen molar-refractivity contribution in [3.05, 3.63) is 59.2 Å². The van der Waals surface area contributed by atoms with Gasteiger partial charge in [-0.3, -0.25) is 9.10 Å². The second kappa shape index (κ2) is 8.67. The summed E-state index contributed by atoms with van der Waals surface area (Å²) in [7, 11) is -4.05. The molecule has 0 radical (unpaired) electrons. The molecule has 0 spiro atoms. The summed E-state index contributed by atoms with van der Waals surface area (Å²) < 4.78 is 64.8. The van der Waals surface area contributed by atoms with E-state index in [0.717, 1.165) is 35.6 Å². The maximum absolute atomic E-state index is 13.1. The Hall–Kier alpha value is -2.55. The lowest BCUT2D eigenvalue weighted by Crippen LogP contribution is -2.45. The molecule has 2 rings (SSSR count). The van der Waals surface area contributed by atoms with Crippen molar-refractivity contribution < 1.29 is 26.4 Å². The molecule has 30 heavy (non-hydrogen) atoms. The molecule has 0 saturated carbocycles. The van der Waals surface area contributed by atoms with Gasteiger partial charge in [0.2, 0.25) is 15.9 Å². The molecule has 0 fully saturated rings. The normalized spacial score (nSPS) is 13.2. The zero-order chi connectivity index (χ0) is 22.9. The van der Waals surface area contributed by atoms with Crippen LogP contribution in [0.5, 0.6) is 0 Å². The lowest BCUT2D eigenvalue weighted by atomic mass is 9.98. The summed E-state index contributed by atoms with van der Waals surface area (Å²) >= 11 is 0. The van der Waals surface area contributed by atoms with Crippen molar-refractivity contribution in [2.24, 2.45) is 0 Å². The minimum absolute atomic E-state index is 0.102. The van der Waals surface area contributed by atoms with Crippen LogP contribution in [0.3, 0.4) is 0 Å². The lowest BCUT2D eigenvalue weighted by molar-refractivity contribution is -0.137. The van der Waals surface area contributed by atoms with Crippen LogP contribution in [-0.2, 0) is 21.0 Å². The number of benzene rings is 2. The Kier molecular flexibility index (Phi) is 6.86. The standard InChI is InChI=1S/C21H25F3N2O3S/c1-13(2)18-11-6-8-14(3)19(18)25-20(27)15(4)26(30(5,28)29)17-10-7-9-16(12-17)21(22,23)24/h6-13,15H,1-5H3,(H,25,27). The van der Waals surface area contributed by atoms with E-state index in [1.807, 2.05) is 39.0 Å². The van der Waals surface area contributed by atoms with Crippen LogP contribution in [0.15, 0.2) is 42.5 Å². The van der Waals surface area contributed by atoms with Gasteiger partial charge in [0.05, 0.1) is 17.5 Å². The number of nitrogens with zero attached hydrogens (tertiary/aromatic N) is 1. The van der Waals surface area contributed by atoms with Gasteiger partial charge in [0.25, 0.3) is 0 Å². The maximum atomic E-state index is 13.1. The highest BCUT2D eigenvalue weighted by molar-refractivity contribution is 7.92. The highest BCUT2D eigenvalue weighted by Crippen LogP contribution is 2.33. The number of carbonyl (C=O) groups excluding carboxylic acids is 1. The van der Waals surface area contributed by atoms with E-state index in [1.54, 1.807) is 0 Å². The van der Waals surface area contributed by atoms with E-state index >= 15 is 0 Å². The minimum Gasteiger partial charge on any atom is -0.324 e. The first kappa shape index (κ1) is 23.7. The Morgan fingerprint density at radius 2 is 1.67 bits per heavy atom. The fourth-order valence-corrected chi connectivity index (χ4v) is 4.36. The molecule has 0 aliphatic carbocycles. The largest absolute Gasteiger partial charge is 0.416 e. The summed E-state index contributed by atoms with van der Waals surface area (Å²) in [6.45, 7) is 7.07. The summed E-state index contributed by atoms with van der Waals surface area (Å²) in [6, 6.07) is 8.16. The van der Waals surface area contributed by atoms with Gasteiger partial charge < -0.3 is 5.32 Å². The fraction of sp³-hybridized carbons (Fsp3) is 0.381. The molecule has 2 aromatic rings. The molecule has 2 aromatic carbocycles. The number of nitrogens with one attached hydrogen (secondary N) is 1. The van der Waals surface area contributed by atoms with E-state index in [0.29, 0.717) is 9.99 Å². The summed E-state index contributed by atoms with van der Waals surface area (Å²) in [6.07, 6.45) is -3.79. The van der Waals surface area contributed by atoms with Crippen LogP contribution < -0.4 is 9.62 Å². The highest BCUT2D eigenvalue weighted by Gasteiger charge is 2.34. The summed E-state index contributed by atoms with van der Waals surface area (Å²) in [4.78, 5) is 12.9.